The lowest BCUT2D eigenvalue weighted by Gasteiger charge is -2.16. The average molecular weight is 229 g/mol. The highest BCUT2D eigenvalue weighted by Crippen LogP contribution is 2.20. The molecule has 1 rings (SSSR count). The van der Waals surface area contributed by atoms with Crippen LogP contribution in [0.25, 0.3) is 0 Å². The molecule has 0 fully saturated rings. The molecule has 0 spiro atoms. The van der Waals surface area contributed by atoms with Crippen molar-refractivity contribution < 1.29 is 18.3 Å². The van der Waals surface area contributed by atoms with Gasteiger partial charge in [0.2, 0.25) is 6.17 Å². The fourth-order valence-corrected chi connectivity index (χ4v) is 1.27. The molecule has 0 saturated heterocycles. The van der Waals surface area contributed by atoms with Crippen molar-refractivity contribution in [2.75, 3.05) is 6.61 Å². The molecule has 0 amide bonds. The van der Waals surface area contributed by atoms with Crippen LogP contribution in [0.1, 0.15) is 18.5 Å². The van der Waals surface area contributed by atoms with E-state index in [9.17, 15) is 13.6 Å². The molecule has 2 atom stereocenters. The van der Waals surface area contributed by atoms with Crippen LogP contribution in [0.3, 0.4) is 0 Å². The molecule has 0 aliphatic carbocycles. The van der Waals surface area contributed by atoms with Gasteiger partial charge in [0, 0.05) is 5.56 Å². The number of halogens is 2. The Labute approximate surface area is 92.2 Å². The maximum absolute atomic E-state index is 13.5. The predicted molar refractivity (Wildman–Crippen MR) is 54.9 cm³/mol. The number of carbonyl (C=O) groups excluding carboxylic acids is 1. The highest BCUT2D eigenvalue weighted by Gasteiger charge is 2.29. The van der Waals surface area contributed by atoms with E-state index in [4.69, 9.17) is 5.73 Å². The first kappa shape index (κ1) is 12.6. The summed E-state index contributed by atoms with van der Waals surface area (Å²) in [5.74, 6) is -1.71. The van der Waals surface area contributed by atoms with Crippen molar-refractivity contribution in [3.63, 3.8) is 0 Å². The molecule has 0 saturated carbocycles. The minimum absolute atomic E-state index is 0.0388. The van der Waals surface area contributed by atoms with Gasteiger partial charge in [0.05, 0.1) is 12.6 Å². The first-order valence-electron chi connectivity index (χ1n) is 4.88. The summed E-state index contributed by atoms with van der Waals surface area (Å²) in [5, 5.41) is 0. The minimum atomic E-state index is -2.06. The molecule has 5 heteroatoms. The quantitative estimate of drug-likeness (QED) is 0.800. The number of alkyl halides is 1. The molecule has 0 aliphatic rings. The second kappa shape index (κ2) is 5.55. The molecule has 0 aromatic heterocycles. The van der Waals surface area contributed by atoms with E-state index in [0.29, 0.717) is 0 Å². The second-order valence-electron chi connectivity index (χ2n) is 3.20. The lowest BCUT2D eigenvalue weighted by atomic mass is 10.0. The molecule has 0 bridgehead atoms. The highest BCUT2D eigenvalue weighted by atomic mass is 19.1. The van der Waals surface area contributed by atoms with Gasteiger partial charge in [0.15, 0.2) is 0 Å². The first-order valence-corrected chi connectivity index (χ1v) is 4.88. The van der Waals surface area contributed by atoms with Gasteiger partial charge in [-0.1, -0.05) is 18.2 Å². The van der Waals surface area contributed by atoms with Crippen molar-refractivity contribution >= 4 is 5.97 Å². The monoisotopic (exact) mass is 229 g/mol. The summed E-state index contributed by atoms with van der Waals surface area (Å²) in [4.78, 5) is 11.1. The van der Waals surface area contributed by atoms with Gasteiger partial charge >= 0.3 is 5.97 Å². The zero-order chi connectivity index (χ0) is 12.1. The van der Waals surface area contributed by atoms with Crippen LogP contribution in [0.2, 0.25) is 0 Å². The number of nitrogens with two attached hydrogens (primary N) is 1. The van der Waals surface area contributed by atoms with Crippen molar-refractivity contribution in [3.8, 4) is 0 Å². The Balaban J connectivity index is 2.82. The molecule has 0 aliphatic heterocycles. The van der Waals surface area contributed by atoms with Gasteiger partial charge in [0.25, 0.3) is 0 Å². The van der Waals surface area contributed by atoms with Gasteiger partial charge in [-0.15, -0.1) is 0 Å². The van der Waals surface area contributed by atoms with E-state index in [1.165, 1.54) is 18.2 Å². The Morgan fingerprint density at radius 3 is 2.69 bits per heavy atom. The second-order valence-corrected chi connectivity index (χ2v) is 3.20. The van der Waals surface area contributed by atoms with Gasteiger partial charge < -0.3 is 10.5 Å². The van der Waals surface area contributed by atoms with Crippen LogP contribution in [0.15, 0.2) is 24.3 Å². The Morgan fingerprint density at radius 1 is 1.50 bits per heavy atom. The standard InChI is InChI=1S/C11H13F2NO2/c1-2-16-11(15)9(13)10(14)7-5-3-4-6-8(7)12/h3-6,9-10H,2,14H2,1H3/t9?,10-/m1/s1. The molecule has 16 heavy (non-hydrogen) atoms. The molecule has 1 unspecified atom stereocenters. The smallest absolute Gasteiger partial charge is 0.342 e. The summed E-state index contributed by atoms with van der Waals surface area (Å²) in [7, 11) is 0. The van der Waals surface area contributed by atoms with Crippen molar-refractivity contribution in [2.45, 2.75) is 19.1 Å². The van der Waals surface area contributed by atoms with Gasteiger partial charge in [-0.25, -0.2) is 13.6 Å². The van der Waals surface area contributed by atoms with Crippen LogP contribution in [0, 0.1) is 5.82 Å². The highest BCUT2D eigenvalue weighted by molar-refractivity contribution is 5.75. The molecule has 0 heterocycles. The largest absolute Gasteiger partial charge is 0.464 e. The van der Waals surface area contributed by atoms with E-state index in [0.717, 1.165) is 6.07 Å². The Morgan fingerprint density at radius 2 is 2.12 bits per heavy atom. The van der Waals surface area contributed by atoms with Gasteiger partial charge in [-0.05, 0) is 13.0 Å². The van der Waals surface area contributed by atoms with Crippen LogP contribution in [-0.4, -0.2) is 18.7 Å². The van der Waals surface area contributed by atoms with Crippen LogP contribution in [0.5, 0.6) is 0 Å². The third kappa shape index (κ3) is 2.76. The predicted octanol–water partition coefficient (Wildman–Crippen LogP) is 1.73. The zero-order valence-electron chi connectivity index (χ0n) is 8.82. The number of esters is 1. The molecule has 3 nitrogen and oxygen atoms in total. The number of carbonyl (C=O) groups is 1. The van der Waals surface area contributed by atoms with Gasteiger partial charge in [-0.2, -0.15) is 0 Å². The van der Waals surface area contributed by atoms with Gasteiger partial charge in [-0.3, -0.25) is 0 Å². The lowest BCUT2D eigenvalue weighted by Crippen LogP contribution is -2.32. The summed E-state index contributed by atoms with van der Waals surface area (Å²) >= 11 is 0. The van der Waals surface area contributed by atoms with Crippen LogP contribution >= 0.6 is 0 Å². The number of hydrogen-bond acceptors (Lipinski definition) is 3. The Kier molecular flexibility index (Phi) is 4.37. The first-order chi connectivity index (χ1) is 7.57. The van der Waals surface area contributed by atoms with Crippen LogP contribution in [0.4, 0.5) is 8.78 Å². The lowest BCUT2D eigenvalue weighted by molar-refractivity contribution is -0.149. The molecular formula is C11H13F2NO2. The summed E-state index contributed by atoms with van der Waals surface area (Å²) < 4.78 is 31.2. The van der Waals surface area contributed by atoms with E-state index in [2.05, 4.69) is 4.74 Å². The maximum atomic E-state index is 13.5. The fraction of sp³-hybridized carbons (Fsp3) is 0.364. The molecular weight excluding hydrogens is 216 g/mol. The van der Waals surface area contributed by atoms with E-state index in [-0.39, 0.29) is 12.2 Å². The van der Waals surface area contributed by atoms with Crippen molar-refractivity contribution in [1.29, 1.82) is 0 Å². The SMILES string of the molecule is CCOC(=O)C(F)[C@H](N)c1ccccc1F. The zero-order valence-corrected chi connectivity index (χ0v) is 8.82. The fourth-order valence-electron chi connectivity index (χ4n) is 1.27. The maximum Gasteiger partial charge on any atom is 0.342 e. The molecule has 1 aromatic carbocycles. The van der Waals surface area contributed by atoms with Crippen LogP contribution in [-0.2, 0) is 9.53 Å². The number of rotatable bonds is 4. The Hall–Kier alpha value is -1.49. The Bertz CT molecular complexity index is 371. The molecule has 88 valence electrons. The molecule has 0 radical (unpaired) electrons. The number of hydrogen-bond donors (Lipinski definition) is 1. The summed E-state index contributed by atoms with van der Waals surface area (Å²) in [6, 6.07) is 4.14. The minimum Gasteiger partial charge on any atom is -0.464 e. The topological polar surface area (TPSA) is 52.3 Å². The van der Waals surface area contributed by atoms with Crippen molar-refractivity contribution in [1.82, 2.24) is 0 Å². The van der Waals surface area contributed by atoms with E-state index >= 15 is 0 Å². The summed E-state index contributed by atoms with van der Waals surface area (Å²) in [6.45, 7) is 1.61. The molecule has 2 N–H and O–H groups in total. The number of benzene rings is 1. The van der Waals surface area contributed by atoms with E-state index in [1.807, 2.05) is 0 Å². The number of ether oxygens (including phenoxy) is 1. The van der Waals surface area contributed by atoms with Gasteiger partial charge in [0.1, 0.15) is 5.82 Å². The van der Waals surface area contributed by atoms with Crippen LogP contribution < -0.4 is 5.73 Å². The van der Waals surface area contributed by atoms with Crippen molar-refractivity contribution in [3.05, 3.63) is 35.6 Å². The normalized spacial score (nSPS) is 14.2. The van der Waals surface area contributed by atoms with E-state index in [1.54, 1.807) is 6.92 Å². The van der Waals surface area contributed by atoms with E-state index < -0.39 is 24.0 Å². The summed E-state index contributed by atoms with van der Waals surface area (Å²) in [6.07, 6.45) is -2.06. The third-order valence-electron chi connectivity index (χ3n) is 2.09. The van der Waals surface area contributed by atoms with Crippen molar-refractivity contribution in [2.24, 2.45) is 5.73 Å². The molecule has 1 aromatic rings. The average Bonchev–Trinajstić information content (AvgIpc) is 2.28. The summed E-state index contributed by atoms with van der Waals surface area (Å²) in [5.41, 5.74) is 5.42. The third-order valence-corrected chi connectivity index (χ3v) is 2.09.